The van der Waals surface area contributed by atoms with Crippen molar-refractivity contribution in [2.45, 2.75) is 155 Å². The molecule has 0 aromatic heterocycles. The van der Waals surface area contributed by atoms with Crippen molar-refractivity contribution in [3.05, 3.63) is 23.3 Å². The summed E-state index contributed by atoms with van der Waals surface area (Å²) >= 11 is 0. The number of aliphatic hydroxyl groups is 7. The topological polar surface area (TPSA) is 160 Å². The normalized spacial score (nSPS) is 50.5. The lowest BCUT2D eigenvalue weighted by molar-refractivity contribution is -0.336. The number of allylic oxidation sites excluding steroid dienone is 2. The maximum atomic E-state index is 12.2. The number of hydrogen-bond acceptors (Lipinski definition) is 9. The molecule has 3 saturated carbocycles. The molecule has 9 heteroatoms. The lowest BCUT2D eigenvalue weighted by Gasteiger charge is -2.69. The van der Waals surface area contributed by atoms with Gasteiger partial charge < -0.3 is 45.2 Å². The fourth-order valence-corrected chi connectivity index (χ4v) is 11.1. The van der Waals surface area contributed by atoms with Crippen LogP contribution in [0.3, 0.4) is 0 Å². The summed E-state index contributed by atoms with van der Waals surface area (Å²) in [5.74, 6) is -0.385. The Labute approximate surface area is 269 Å². The molecule has 1 saturated heterocycles. The minimum absolute atomic E-state index is 0.00470. The molecule has 0 radical (unpaired) electrons. The summed E-state index contributed by atoms with van der Waals surface area (Å²) in [4.78, 5) is 0. The first-order chi connectivity index (χ1) is 20.8. The molecule has 0 bridgehead atoms. The Morgan fingerprint density at radius 2 is 1.64 bits per heavy atom. The highest BCUT2D eigenvalue weighted by Gasteiger charge is 2.72. The summed E-state index contributed by atoms with van der Waals surface area (Å²) in [7, 11) is 0. The fourth-order valence-electron chi connectivity index (χ4n) is 11.1. The van der Waals surface area contributed by atoms with Crippen LogP contribution in [0.4, 0.5) is 0 Å². The number of aliphatic hydroxyl groups excluding tert-OH is 7. The first-order valence-electron chi connectivity index (χ1n) is 17.2. The standard InChI is InChI=1S/C36H60O9/c1-19(2)10-9-13-35(7,45-31-30(43)29(42)28(41)22(18-37)44-31)20-11-15-34(6)27(20)21(38)16-24-33(5)14-12-25(39)32(3,4)23(33)17-26(40)36(24,34)8/h10,17,20-22,24-31,37-43H,9,11-16,18H2,1-8H3/t20-,21-,22+,24-,25-,26+,27+,28+,29-,30+,31-,33+,34-,35+,36-/m1/s1. The van der Waals surface area contributed by atoms with E-state index >= 15 is 0 Å². The van der Waals surface area contributed by atoms with Crippen LogP contribution in [0.2, 0.25) is 0 Å². The van der Waals surface area contributed by atoms with Crippen molar-refractivity contribution < 1.29 is 45.2 Å². The van der Waals surface area contributed by atoms with Crippen LogP contribution in [0.15, 0.2) is 23.3 Å². The third-order valence-electron chi connectivity index (χ3n) is 14.0. The van der Waals surface area contributed by atoms with E-state index in [-0.39, 0.29) is 23.2 Å². The minimum Gasteiger partial charge on any atom is -0.394 e. The van der Waals surface area contributed by atoms with Gasteiger partial charge in [-0.15, -0.1) is 0 Å². The van der Waals surface area contributed by atoms with Gasteiger partial charge in [-0.3, -0.25) is 0 Å². The summed E-state index contributed by atoms with van der Waals surface area (Å²) in [5.41, 5.74) is -0.398. The Kier molecular flexibility index (Phi) is 9.38. The number of hydrogen-bond donors (Lipinski definition) is 7. The van der Waals surface area contributed by atoms with Crippen LogP contribution < -0.4 is 0 Å². The zero-order valence-corrected chi connectivity index (χ0v) is 28.6. The molecule has 9 nitrogen and oxygen atoms in total. The van der Waals surface area contributed by atoms with Gasteiger partial charge in [0.2, 0.25) is 0 Å². The van der Waals surface area contributed by atoms with Crippen LogP contribution in [-0.4, -0.2) is 97.0 Å². The second-order valence-corrected chi connectivity index (χ2v) is 16.9. The quantitative estimate of drug-likeness (QED) is 0.208. The monoisotopic (exact) mass is 636 g/mol. The van der Waals surface area contributed by atoms with Crippen LogP contribution in [0.25, 0.3) is 0 Å². The molecule has 0 unspecified atom stereocenters. The van der Waals surface area contributed by atoms with Crippen molar-refractivity contribution in [2.75, 3.05) is 6.61 Å². The maximum Gasteiger partial charge on any atom is 0.187 e. The van der Waals surface area contributed by atoms with Gasteiger partial charge in [-0.05, 0) is 94.3 Å². The van der Waals surface area contributed by atoms with E-state index in [1.165, 1.54) is 0 Å². The highest BCUT2D eigenvalue weighted by Crippen LogP contribution is 2.74. The summed E-state index contributed by atoms with van der Waals surface area (Å²) < 4.78 is 12.5. The van der Waals surface area contributed by atoms with E-state index in [2.05, 4.69) is 40.7 Å². The van der Waals surface area contributed by atoms with E-state index in [1.54, 1.807) is 0 Å². The van der Waals surface area contributed by atoms with Crippen molar-refractivity contribution in [1.82, 2.24) is 0 Å². The maximum absolute atomic E-state index is 12.2. The lowest BCUT2D eigenvalue weighted by atomic mass is 9.37. The molecular weight excluding hydrogens is 576 g/mol. The van der Waals surface area contributed by atoms with Gasteiger partial charge in [0.15, 0.2) is 6.29 Å². The first kappa shape index (κ1) is 35.4. The van der Waals surface area contributed by atoms with Gasteiger partial charge in [-0.2, -0.15) is 0 Å². The van der Waals surface area contributed by atoms with E-state index in [0.717, 1.165) is 30.4 Å². The van der Waals surface area contributed by atoms with Crippen molar-refractivity contribution >= 4 is 0 Å². The average Bonchev–Trinajstić information content (AvgIpc) is 3.35. The average molecular weight is 637 g/mol. The Morgan fingerprint density at radius 1 is 0.978 bits per heavy atom. The Balaban J connectivity index is 1.54. The van der Waals surface area contributed by atoms with E-state index in [4.69, 9.17) is 9.47 Å². The number of ether oxygens (including phenoxy) is 2. The van der Waals surface area contributed by atoms with Gasteiger partial charge in [0.25, 0.3) is 0 Å². The molecule has 5 aliphatic rings. The highest BCUT2D eigenvalue weighted by molar-refractivity contribution is 5.36. The third-order valence-corrected chi connectivity index (χ3v) is 14.0. The molecule has 0 spiro atoms. The first-order valence-corrected chi connectivity index (χ1v) is 17.2. The summed E-state index contributed by atoms with van der Waals surface area (Å²) in [5, 5.41) is 77.0. The molecule has 4 fully saturated rings. The third kappa shape index (κ3) is 5.23. The number of fused-ring (bicyclic) bond motifs is 5. The molecule has 5 rings (SSSR count). The van der Waals surface area contributed by atoms with Crippen LogP contribution >= 0.6 is 0 Å². The predicted octanol–water partition coefficient (Wildman–Crippen LogP) is 3.22. The van der Waals surface area contributed by atoms with Gasteiger partial charge in [0, 0.05) is 10.8 Å². The zero-order chi connectivity index (χ0) is 33.5. The van der Waals surface area contributed by atoms with Crippen molar-refractivity contribution in [3.8, 4) is 0 Å². The zero-order valence-electron chi connectivity index (χ0n) is 28.6. The van der Waals surface area contributed by atoms with Crippen LogP contribution in [0.1, 0.15) is 100 Å². The van der Waals surface area contributed by atoms with Gasteiger partial charge in [0.05, 0.1) is 30.5 Å². The summed E-state index contributed by atoms with van der Waals surface area (Å²) in [6.07, 6.45) is 0.100. The Hall–Kier alpha value is -0.880. The molecule has 0 aromatic rings. The molecule has 15 atom stereocenters. The molecule has 0 amide bonds. The SMILES string of the molecule is CC(C)=CCC[C@](C)(O[C@H]1O[C@@H](CO)[C@H](O)[C@@H](O)[C@@H]1O)[C@@H]1CC[C@]2(C)[C@@H]1[C@H](O)C[C@H]1[C@]2(C)[C@@H](O)C=C2C(C)(C)[C@H](O)CC[C@@]21C. The predicted molar refractivity (Wildman–Crippen MR) is 170 cm³/mol. The molecule has 258 valence electrons. The lowest BCUT2D eigenvalue weighted by Crippen LogP contribution is -2.68. The minimum atomic E-state index is -1.55. The van der Waals surface area contributed by atoms with Crippen molar-refractivity contribution in [3.63, 3.8) is 0 Å². The van der Waals surface area contributed by atoms with Gasteiger partial charge >= 0.3 is 0 Å². The molecule has 0 aromatic carbocycles. The largest absolute Gasteiger partial charge is 0.394 e. The fraction of sp³-hybridized carbons (Fsp3) is 0.889. The molecule has 1 aliphatic heterocycles. The molecule has 7 N–H and O–H groups in total. The van der Waals surface area contributed by atoms with E-state index in [1.807, 2.05) is 26.8 Å². The second kappa shape index (κ2) is 11.9. The van der Waals surface area contributed by atoms with Crippen LogP contribution in [-0.2, 0) is 9.47 Å². The van der Waals surface area contributed by atoms with Gasteiger partial charge in [-0.1, -0.05) is 57.9 Å². The molecule has 4 aliphatic carbocycles. The number of rotatable bonds is 7. The second-order valence-electron chi connectivity index (χ2n) is 16.9. The van der Waals surface area contributed by atoms with Crippen molar-refractivity contribution in [1.29, 1.82) is 0 Å². The Morgan fingerprint density at radius 3 is 2.27 bits per heavy atom. The van der Waals surface area contributed by atoms with E-state index < -0.39 is 77.5 Å². The molecule has 1 heterocycles. The smallest absolute Gasteiger partial charge is 0.187 e. The summed E-state index contributed by atoms with van der Waals surface area (Å²) in [6.45, 7) is 16.4. The molecule has 45 heavy (non-hydrogen) atoms. The van der Waals surface area contributed by atoms with Crippen molar-refractivity contribution in [2.24, 2.45) is 39.4 Å². The molecular formula is C36H60O9. The Bertz CT molecular complexity index is 1160. The van der Waals surface area contributed by atoms with Crippen LogP contribution in [0, 0.1) is 39.4 Å². The van der Waals surface area contributed by atoms with E-state index in [9.17, 15) is 35.7 Å². The van der Waals surface area contributed by atoms with Gasteiger partial charge in [0.1, 0.15) is 24.4 Å². The van der Waals surface area contributed by atoms with Gasteiger partial charge in [-0.25, -0.2) is 0 Å². The highest BCUT2D eigenvalue weighted by atomic mass is 16.7. The van der Waals surface area contributed by atoms with E-state index in [0.29, 0.717) is 25.7 Å². The van der Waals surface area contributed by atoms with Crippen LogP contribution in [0.5, 0.6) is 0 Å². The summed E-state index contributed by atoms with van der Waals surface area (Å²) in [6, 6.07) is 0.